The second-order valence-electron chi connectivity index (χ2n) is 4.41. The summed E-state index contributed by atoms with van der Waals surface area (Å²) in [6, 6.07) is 9.87. The van der Waals surface area contributed by atoms with E-state index in [0.717, 1.165) is 21.1 Å². The van der Waals surface area contributed by atoms with Gasteiger partial charge in [0.1, 0.15) is 5.01 Å². The molecule has 0 unspecified atom stereocenters. The van der Waals surface area contributed by atoms with Crippen LogP contribution in [0.15, 0.2) is 41.1 Å². The molecule has 2 aromatic heterocycles. The second kappa shape index (κ2) is 5.19. The van der Waals surface area contributed by atoms with Crippen molar-refractivity contribution in [2.24, 2.45) is 0 Å². The number of aryl methyl sites for hydroxylation is 1. The molecule has 3 aromatic rings. The summed E-state index contributed by atoms with van der Waals surface area (Å²) in [6.45, 7) is 2.05. The second-order valence-corrected chi connectivity index (χ2v) is 6.18. The fourth-order valence-corrected chi connectivity index (χ4v) is 3.62. The Bertz CT molecular complexity index is 774. The first-order chi connectivity index (χ1) is 9.63. The Labute approximate surface area is 124 Å². The van der Waals surface area contributed by atoms with Gasteiger partial charge in [-0.3, -0.25) is 0 Å². The molecule has 0 atom stereocenters. The number of carboxylic acids is 1. The highest BCUT2D eigenvalue weighted by Gasteiger charge is 2.11. The van der Waals surface area contributed by atoms with E-state index in [1.54, 1.807) is 22.8 Å². The van der Waals surface area contributed by atoms with E-state index in [2.05, 4.69) is 24.0 Å². The van der Waals surface area contributed by atoms with Gasteiger partial charge in [0.2, 0.25) is 0 Å². The Morgan fingerprint density at radius 2 is 2.05 bits per heavy atom. The molecule has 0 aliphatic carbocycles. The summed E-state index contributed by atoms with van der Waals surface area (Å²) in [7, 11) is 0. The number of rotatable bonds is 3. The van der Waals surface area contributed by atoms with Crippen LogP contribution in [0.5, 0.6) is 0 Å². The number of benzene rings is 1. The van der Waals surface area contributed by atoms with Crippen LogP contribution >= 0.6 is 22.7 Å². The van der Waals surface area contributed by atoms with Gasteiger partial charge in [-0.05, 0) is 19.1 Å². The average molecular weight is 301 g/mol. The van der Waals surface area contributed by atoms with Gasteiger partial charge in [0.05, 0.1) is 16.1 Å². The van der Waals surface area contributed by atoms with Crippen LogP contribution in [0.2, 0.25) is 0 Å². The Morgan fingerprint density at radius 1 is 1.20 bits per heavy atom. The molecule has 0 fully saturated rings. The van der Waals surface area contributed by atoms with Gasteiger partial charge >= 0.3 is 5.97 Å². The number of thiophene rings is 1. The number of hydrogen-bond donors (Lipinski definition) is 1. The molecule has 1 aromatic carbocycles. The number of carboxylic acid groups (broad SMARTS) is 1. The first-order valence-corrected chi connectivity index (χ1v) is 7.74. The maximum Gasteiger partial charge on any atom is 0.336 e. The van der Waals surface area contributed by atoms with Crippen LogP contribution in [-0.4, -0.2) is 16.1 Å². The van der Waals surface area contributed by atoms with E-state index >= 15 is 0 Å². The van der Waals surface area contributed by atoms with Gasteiger partial charge in [0.15, 0.2) is 0 Å². The van der Waals surface area contributed by atoms with Crippen molar-refractivity contribution in [3.8, 4) is 21.1 Å². The normalized spacial score (nSPS) is 10.7. The molecule has 0 radical (unpaired) electrons. The minimum atomic E-state index is -0.901. The van der Waals surface area contributed by atoms with E-state index in [1.807, 2.05) is 17.5 Å². The fourth-order valence-electron chi connectivity index (χ4n) is 1.88. The van der Waals surface area contributed by atoms with E-state index in [9.17, 15) is 4.79 Å². The summed E-state index contributed by atoms with van der Waals surface area (Å²) in [5.74, 6) is -0.901. The van der Waals surface area contributed by atoms with Crippen LogP contribution in [0.1, 0.15) is 15.9 Å². The molecule has 0 saturated carbocycles. The number of aromatic carboxylic acids is 1. The summed E-state index contributed by atoms with van der Waals surface area (Å²) < 4.78 is 0. The third kappa shape index (κ3) is 2.50. The zero-order valence-electron chi connectivity index (χ0n) is 10.7. The monoisotopic (exact) mass is 301 g/mol. The number of aromatic nitrogens is 1. The van der Waals surface area contributed by atoms with E-state index < -0.39 is 5.97 Å². The first kappa shape index (κ1) is 13.0. The molecule has 1 N–H and O–H groups in total. The summed E-state index contributed by atoms with van der Waals surface area (Å²) in [5.41, 5.74) is 3.44. The van der Waals surface area contributed by atoms with Crippen LogP contribution in [0, 0.1) is 6.92 Å². The van der Waals surface area contributed by atoms with E-state index in [1.165, 1.54) is 16.9 Å². The van der Waals surface area contributed by atoms with E-state index in [0.29, 0.717) is 5.56 Å². The van der Waals surface area contributed by atoms with Gasteiger partial charge in [-0.1, -0.05) is 23.8 Å². The van der Waals surface area contributed by atoms with Crippen LogP contribution in [0.4, 0.5) is 0 Å². The molecule has 0 aliphatic heterocycles. The Morgan fingerprint density at radius 3 is 2.75 bits per heavy atom. The van der Waals surface area contributed by atoms with Crippen LogP contribution < -0.4 is 0 Å². The molecule has 0 amide bonds. The van der Waals surface area contributed by atoms with Crippen molar-refractivity contribution in [1.29, 1.82) is 0 Å². The Balaban J connectivity index is 1.95. The molecule has 0 bridgehead atoms. The maximum absolute atomic E-state index is 10.9. The number of nitrogens with zero attached hydrogens (tertiary/aromatic N) is 1. The predicted molar refractivity (Wildman–Crippen MR) is 82.6 cm³/mol. The van der Waals surface area contributed by atoms with Crippen molar-refractivity contribution in [2.45, 2.75) is 6.92 Å². The zero-order valence-corrected chi connectivity index (χ0v) is 12.3. The fraction of sp³-hybridized carbons (Fsp3) is 0.0667. The molecule has 3 nitrogen and oxygen atoms in total. The Kier molecular flexibility index (Phi) is 3.38. The van der Waals surface area contributed by atoms with Crippen molar-refractivity contribution >= 4 is 28.6 Å². The molecular formula is C15H11NO2S2. The molecular weight excluding hydrogens is 290 g/mol. The number of thiazole rings is 1. The molecule has 2 heterocycles. The standard InChI is InChI=1S/C15H11NO2S2/c1-9-3-2-4-10(5-9)14-16-12(8-20-14)13-6-11(7-19-13)15(17)18/h2-8H,1H3,(H,17,18). The average Bonchev–Trinajstić information content (AvgIpc) is 3.08. The van der Waals surface area contributed by atoms with Crippen LogP contribution in [-0.2, 0) is 0 Å². The van der Waals surface area contributed by atoms with Crippen molar-refractivity contribution in [3.63, 3.8) is 0 Å². The third-order valence-corrected chi connectivity index (χ3v) is 4.71. The largest absolute Gasteiger partial charge is 0.478 e. The molecule has 0 spiro atoms. The summed E-state index contributed by atoms with van der Waals surface area (Å²) >= 11 is 2.98. The van der Waals surface area contributed by atoms with Gasteiger partial charge in [-0.15, -0.1) is 22.7 Å². The molecule has 5 heteroatoms. The van der Waals surface area contributed by atoms with Gasteiger partial charge in [-0.2, -0.15) is 0 Å². The molecule has 0 saturated heterocycles. The maximum atomic E-state index is 10.9. The highest BCUT2D eigenvalue weighted by atomic mass is 32.1. The van der Waals surface area contributed by atoms with Crippen LogP contribution in [0.3, 0.4) is 0 Å². The van der Waals surface area contributed by atoms with Crippen LogP contribution in [0.25, 0.3) is 21.1 Å². The molecule has 20 heavy (non-hydrogen) atoms. The van der Waals surface area contributed by atoms with Crippen molar-refractivity contribution in [2.75, 3.05) is 0 Å². The van der Waals surface area contributed by atoms with Crippen molar-refractivity contribution in [3.05, 3.63) is 52.2 Å². The minimum absolute atomic E-state index is 0.315. The van der Waals surface area contributed by atoms with Crippen molar-refractivity contribution in [1.82, 2.24) is 4.98 Å². The summed E-state index contributed by atoms with van der Waals surface area (Å²) in [4.78, 5) is 16.4. The lowest BCUT2D eigenvalue weighted by Gasteiger charge is -1.97. The molecule has 3 rings (SSSR count). The summed E-state index contributed by atoms with van der Waals surface area (Å²) in [6.07, 6.45) is 0. The van der Waals surface area contributed by atoms with E-state index in [-0.39, 0.29) is 0 Å². The predicted octanol–water partition coefficient (Wildman–Crippen LogP) is 4.55. The lowest BCUT2D eigenvalue weighted by atomic mass is 10.1. The third-order valence-electron chi connectivity index (χ3n) is 2.87. The highest BCUT2D eigenvalue weighted by molar-refractivity contribution is 7.15. The summed E-state index contributed by atoms with van der Waals surface area (Å²) in [5, 5.41) is 13.5. The van der Waals surface area contributed by atoms with Gasteiger partial charge in [0.25, 0.3) is 0 Å². The number of hydrogen-bond acceptors (Lipinski definition) is 4. The van der Waals surface area contributed by atoms with Gasteiger partial charge in [-0.25, -0.2) is 9.78 Å². The highest BCUT2D eigenvalue weighted by Crippen LogP contribution is 2.32. The topological polar surface area (TPSA) is 50.2 Å². The number of carbonyl (C=O) groups is 1. The minimum Gasteiger partial charge on any atom is -0.478 e. The Hall–Kier alpha value is -1.98. The smallest absolute Gasteiger partial charge is 0.336 e. The van der Waals surface area contributed by atoms with Crippen molar-refractivity contribution < 1.29 is 9.90 Å². The lowest BCUT2D eigenvalue weighted by molar-refractivity contribution is 0.0697. The van der Waals surface area contributed by atoms with Gasteiger partial charge < -0.3 is 5.11 Å². The first-order valence-electron chi connectivity index (χ1n) is 5.98. The quantitative estimate of drug-likeness (QED) is 0.772. The molecule has 0 aliphatic rings. The van der Waals surface area contributed by atoms with E-state index in [4.69, 9.17) is 5.11 Å². The van der Waals surface area contributed by atoms with Gasteiger partial charge in [0, 0.05) is 16.3 Å². The molecule has 100 valence electrons. The SMILES string of the molecule is Cc1cccc(-c2nc(-c3cc(C(=O)O)cs3)cs2)c1. The zero-order chi connectivity index (χ0) is 14.1. The lowest BCUT2D eigenvalue weighted by Crippen LogP contribution is -1.91.